The van der Waals surface area contributed by atoms with Gasteiger partial charge in [0.1, 0.15) is 12.4 Å². The number of hydrogen-bond acceptors (Lipinski definition) is 4. The minimum Gasteiger partial charge on any atom is -0.492 e. The fraction of sp³-hybridized carbons (Fsp3) is 0.250. The standard InChI is InChI=1S/C24H27N3O3/c1-3-27(15-16-30-23-10-6-8-19-7-4-5-9-22(19)23)17-24(29)26-21-13-11-20(12-14-21)25-18(2)28/h4-14H,3,15-17H2,1-2H3,(H,25,28)(H,26,29). The average Bonchev–Trinajstić information content (AvgIpc) is 2.74. The van der Waals surface area contributed by atoms with E-state index in [9.17, 15) is 9.59 Å². The normalized spacial score (nSPS) is 10.8. The Morgan fingerprint density at radius 3 is 2.27 bits per heavy atom. The molecule has 0 saturated heterocycles. The van der Waals surface area contributed by atoms with E-state index in [0.717, 1.165) is 23.1 Å². The summed E-state index contributed by atoms with van der Waals surface area (Å²) in [7, 11) is 0. The number of nitrogens with zero attached hydrogens (tertiary/aromatic N) is 1. The molecule has 3 aromatic carbocycles. The summed E-state index contributed by atoms with van der Waals surface area (Å²) < 4.78 is 5.99. The Hall–Kier alpha value is -3.38. The molecule has 0 heterocycles. The number of benzene rings is 3. The second kappa shape index (κ2) is 10.4. The molecule has 156 valence electrons. The van der Waals surface area contributed by atoms with Crippen LogP contribution in [-0.2, 0) is 9.59 Å². The van der Waals surface area contributed by atoms with E-state index in [2.05, 4.69) is 22.8 Å². The monoisotopic (exact) mass is 405 g/mol. The van der Waals surface area contributed by atoms with Gasteiger partial charge in [0.15, 0.2) is 0 Å². The molecular formula is C24H27N3O3. The molecule has 0 bridgehead atoms. The fourth-order valence-electron chi connectivity index (χ4n) is 3.20. The highest BCUT2D eigenvalue weighted by molar-refractivity contribution is 5.93. The van der Waals surface area contributed by atoms with Crippen molar-refractivity contribution in [1.82, 2.24) is 4.90 Å². The van der Waals surface area contributed by atoms with Crippen LogP contribution in [0.4, 0.5) is 11.4 Å². The first kappa shape index (κ1) is 21.3. The first-order valence-electron chi connectivity index (χ1n) is 10.1. The topological polar surface area (TPSA) is 70.7 Å². The molecule has 2 amide bonds. The van der Waals surface area contributed by atoms with Gasteiger partial charge in [-0.05, 0) is 42.3 Å². The van der Waals surface area contributed by atoms with Gasteiger partial charge >= 0.3 is 0 Å². The maximum absolute atomic E-state index is 12.4. The van der Waals surface area contributed by atoms with E-state index in [1.54, 1.807) is 24.3 Å². The molecule has 30 heavy (non-hydrogen) atoms. The van der Waals surface area contributed by atoms with Gasteiger partial charge in [-0.1, -0.05) is 43.3 Å². The number of rotatable bonds is 9. The summed E-state index contributed by atoms with van der Waals surface area (Å²) in [5, 5.41) is 7.82. The van der Waals surface area contributed by atoms with Crippen molar-refractivity contribution in [1.29, 1.82) is 0 Å². The molecule has 0 aromatic heterocycles. The maximum Gasteiger partial charge on any atom is 0.238 e. The van der Waals surface area contributed by atoms with Gasteiger partial charge in [0.2, 0.25) is 11.8 Å². The van der Waals surface area contributed by atoms with Crippen LogP contribution in [-0.4, -0.2) is 43.0 Å². The van der Waals surface area contributed by atoms with Crippen molar-refractivity contribution in [2.24, 2.45) is 0 Å². The van der Waals surface area contributed by atoms with Gasteiger partial charge in [0.05, 0.1) is 6.54 Å². The largest absolute Gasteiger partial charge is 0.492 e. The third kappa shape index (κ3) is 6.06. The molecule has 6 nitrogen and oxygen atoms in total. The van der Waals surface area contributed by atoms with E-state index >= 15 is 0 Å². The Kier molecular flexibility index (Phi) is 7.40. The molecular weight excluding hydrogens is 378 g/mol. The van der Waals surface area contributed by atoms with Gasteiger partial charge < -0.3 is 15.4 Å². The van der Waals surface area contributed by atoms with Gasteiger partial charge in [-0.25, -0.2) is 0 Å². The summed E-state index contributed by atoms with van der Waals surface area (Å²) >= 11 is 0. The summed E-state index contributed by atoms with van der Waals surface area (Å²) in [6, 6.07) is 21.2. The van der Waals surface area contributed by atoms with E-state index < -0.39 is 0 Å². The maximum atomic E-state index is 12.4. The summed E-state index contributed by atoms with van der Waals surface area (Å²) in [4.78, 5) is 25.5. The molecule has 0 aliphatic carbocycles. The van der Waals surface area contributed by atoms with E-state index in [0.29, 0.717) is 24.5 Å². The van der Waals surface area contributed by atoms with Crippen molar-refractivity contribution in [2.45, 2.75) is 13.8 Å². The molecule has 0 spiro atoms. The first-order valence-corrected chi connectivity index (χ1v) is 10.1. The summed E-state index contributed by atoms with van der Waals surface area (Å²) in [6.45, 7) is 5.65. The predicted molar refractivity (Wildman–Crippen MR) is 121 cm³/mol. The summed E-state index contributed by atoms with van der Waals surface area (Å²) in [5.41, 5.74) is 1.39. The number of anilines is 2. The van der Waals surface area contributed by atoms with E-state index in [-0.39, 0.29) is 18.4 Å². The van der Waals surface area contributed by atoms with Crippen LogP contribution in [0.15, 0.2) is 66.7 Å². The number of likely N-dealkylation sites (N-methyl/N-ethyl adjacent to an activating group) is 1. The molecule has 0 aliphatic heterocycles. The van der Waals surface area contributed by atoms with Crippen LogP contribution >= 0.6 is 0 Å². The average molecular weight is 405 g/mol. The second-order valence-electron chi connectivity index (χ2n) is 7.00. The van der Waals surface area contributed by atoms with Crippen LogP contribution in [0.2, 0.25) is 0 Å². The zero-order valence-corrected chi connectivity index (χ0v) is 17.4. The molecule has 2 N–H and O–H groups in total. The minimum atomic E-state index is -0.129. The summed E-state index contributed by atoms with van der Waals surface area (Å²) in [6.07, 6.45) is 0. The number of fused-ring (bicyclic) bond motifs is 1. The number of ether oxygens (including phenoxy) is 1. The quantitative estimate of drug-likeness (QED) is 0.561. The molecule has 0 fully saturated rings. The second-order valence-corrected chi connectivity index (χ2v) is 7.00. The first-order chi connectivity index (χ1) is 14.5. The smallest absolute Gasteiger partial charge is 0.238 e. The van der Waals surface area contributed by atoms with Crippen molar-refractivity contribution in [2.75, 3.05) is 36.9 Å². The zero-order chi connectivity index (χ0) is 21.3. The van der Waals surface area contributed by atoms with Gasteiger partial charge in [-0.15, -0.1) is 0 Å². The van der Waals surface area contributed by atoms with Crippen LogP contribution < -0.4 is 15.4 Å². The molecule has 0 atom stereocenters. The molecule has 0 unspecified atom stereocenters. The molecule has 0 aliphatic rings. The lowest BCUT2D eigenvalue weighted by Gasteiger charge is -2.20. The number of amides is 2. The Labute approximate surface area is 176 Å². The molecule has 6 heteroatoms. The number of carbonyl (C=O) groups is 2. The van der Waals surface area contributed by atoms with Crippen molar-refractivity contribution in [3.63, 3.8) is 0 Å². The Morgan fingerprint density at radius 2 is 1.57 bits per heavy atom. The van der Waals surface area contributed by atoms with E-state index in [1.165, 1.54) is 6.92 Å². The Balaban J connectivity index is 1.49. The van der Waals surface area contributed by atoms with Crippen LogP contribution in [0.5, 0.6) is 5.75 Å². The van der Waals surface area contributed by atoms with Crippen molar-refractivity contribution >= 4 is 34.0 Å². The van der Waals surface area contributed by atoms with Gasteiger partial charge in [-0.3, -0.25) is 14.5 Å². The van der Waals surface area contributed by atoms with Gasteiger partial charge in [0.25, 0.3) is 0 Å². The van der Waals surface area contributed by atoms with Gasteiger partial charge in [-0.2, -0.15) is 0 Å². The van der Waals surface area contributed by atoms with E-state index in [4.69, 9.17) is 4.74 Å². The number of hydrogen-bond donors (Lipinski definition) is 2. The van der Waals surface area contributed by atoms with Crippen LogP contribution in [0.3, 0.4) is 0 Å². The highest BCUT2D eigenvalue weighted by Gasteiger charge is 2.10. The number of carbonyl (C=O) groups excluding carboxylic acids is 2. The summed E-state index contributed by atoms with van der Waals surface area (Å²) in [5.74, 6) is 0.637. The Morgan fingerprint density at radius 1 is 0.900 bits per heavy atom. The minimum absolute atomic E-state index is 0.0886. The zero-order valence-electron chi connectivity index (χ0n) is 17.4. The van der Waals surface area contributed by atoms with Crippen molar-refractivity contribution in [3.8, 4) is 5.75 Å². The SMILES string of the molecule is CCN(CCOc1cccc2ccccc12)CC(=O)Nc1ccc(NC(C)=O)cc1. The van der Waals surface area contributed by atoms with Gasteiger partial charge in [0, 0.05) is 30.2 Å². The lowest BCUT2D eigenvalue weighted by atomic mass is 10.1. The molecule has 0 radical (unpaired) electrons. The van der Waals surface area contributed by atoms with E-state index in [1.807, 2.05) is 42.2 Å². The van der Waals surface area contributed by atoms with Crippen LogP contribution in [0, 0.1) is 0 Å². The predicted octanol–water partition coefficient (Wildman–Crippen LogP) is 4.14. The fourth-order valence-corrected chi connectivity index (χ4v) is 3.20. The van der Waals surface area contributed by atoms with Crippen molar-refractivity contribution in [3.05, 3.63) is 66.7 Å². The highest BCUT2D eigenvalue weighted by atomic mass is 16.5. The lowest BCUT2D eigenvalue weighted by Crippen LogP contribution is -2.35. The number of nitrogens with one attached hydrogen (secondary N) is 2. The lowest BCUT2D eigenvalue weighted by molar-refractivity contribution is -0.117. The molecule has 3 aromatic rings. The third-order valence-corrected chi connectivity index (χ3v) is 4.72. The molecule has 0 saturated carbocycles. The van der Waals surface area contributed by atoms with Crippen LogP contribution in [0.25, 0.3) is 10.8 Å². The Bertz CT molecular complexity index is 997. The third-order valence-electron chi connectivity index (χ3n) is 4.72. The van der Waals surface area contributed by atoms with Crippen molar-refractivity contribution < 1.29 is 14.3 Å². The van der Waals surface area contributed by atoms with Crippen LogP contribution in [0.1, 0.15) is 13.8 Å². The highest BCUT2D eigenvalue weighted by Crippen LogP contribution is 2.25. The molecule has 3 rings (SSSR count).